The highest BCUT2D eigenvalue weighted by atomic mass is 35.5. The summed E-state index contributed by atoms with van der Waals surface area (Å²) in [6.45, 7) is 2.29. The van der Waals surface area contributed by atoms with Crippen LogP contribution in [0.5, 0.6) is 0 Å². The second-order valence-electron chi connectivity index (χ2n) is 5.31. The zero-order chi connectivity index (χ0) is 15.1. The summed E-state index contributed by atoms with van der Waals surface area (Å²) in [5.41, 5.74) is 5.87. The number of likely N-dealkylation sites (tertiary alicyclic amines) is 1. The summed E-state index contributed by atoms with van der Waals surface area (Å²) in [4.78, 5) is 25.8. The van der Waals surface area contributed by atoms with E-state index in [1.807, 2.05) is 4.90 Å². The first-order valence-electron chi connectivity index (χ1n) is 7.54. The Bertz CT molecular complexity index is 482. The number of nitrogens with one attached hydrogen (secondary N) is 1. The molecule has 1 aromatic rings. The van der Waals surface area contributed by atoms with Crippen molar-refractivity contribution in [3.05, 3.63) is 23.7 Å². The fraction of sp³-hybridized carbons (Fsp3) is 0.600. The third-order valence-corrected chi connectivity index (χ3v) is 3.70. The molecule has 1 aromatic heterocycles. The summed E-state index contributed by atoms with van der Waals surface area (Å²) in [5, 5.41) is 2.73. The van der Waals surface area contributed by atoms with Gasteiger partial charge >= 0.3 is 0 Å². The molecular weight excluding hydrogens is 306 g/mol. The number of hydrogen-bond acceptors (Lipinski definition) is 4. The Balaban J connectivity index is 0.00000242. The fourth-order valence-electron chi connectivity index (χ4n) is 2.47. The highest BCUT2D eigenvalue weighted by Gasteiger charge is 2.16. The van der Waals surface area contributed by atoms with Gasteiger partial charge in [0.25, 0.3) is 5.91 Å². The largest absolute Gasteiger partial charge is 0.467 e. The molecule has 1 fully saturated rings. The van der Waals surface area contributed by atoms with Crippen LogP contribution in [-0.4, -0.2) is 36.3 Å². The van der Waals surface area contributed by atoms with E-state index in [0.717, 1.165) is 25.9 Å². The first-order valence-corrected chi connectivity index (χ1v) is 7.54. The van der Waals surface area contributed by atoms with Crippen LogP contribution in [-0.2, 0) is 11.3 Å². The maximum Gasteiger partial charge on any atom is 0.254 e. The Morgan fingerprint density at radius 2 is 1.91 bits per heavy atom. The Morgan fingerprint density at radius 1 is 1.23 bits per heavy atom. The molecule has 22 heavy (non-hydrogen) atoms. The fourth-order valence-corrected chi connectivity index (χ4v) is 2.47. The average molecular weight is 330 g/mol. The number of amides is 2. The van der Waals surface area contributed by atoms with Gasteiger partial charge in [0.05, 0.1) is 12.1 Å². The Kier molecular flexibility index (Phi) is 7.98. The number of carbonyl (C=O) groups excluding carboxylic acids is 2. The zero-order valence-electron chi connectivity index (χ0n) is 12.7. The van der Waals surface area contributed by atoms with Crippen LogP contribution in [0.3, 0.4) is 0 Å². The van der Waals surface area contributed by atoms with Crippen molar-refractivity contribution in [2.75, 3.05) is 19.6 Å². The molecule has 124 valence electrons. The summed E-state index contributed by atoms with van der Waals surface area (Å²) in [6.07, 6.45) is 6.28. The highest BCUT2D eigenvalue weighted by molar-refractivity contribution is 5.94. The molecule has 3 N–H and O–H groups in total. The third kappa shape index (κ3) is 5.35. The minimum absolute atomic E-state index is 0. The van der Waals surface area contributed by atoms with Crippen molar-refractivity contribution in [1.82, 2.24) is 10.2 Å². The van der Waals surface area contributed by atoms with Gasteiger partial charge in [0.1, 0.15) is 12.0 Å². The number of nitrogens with zero attached hydrogens (tertiary/aromatic N) is 1. The van der Waals surface area contributed by atoms with E-state index in [0.29, 0.717) is 24.3 Å². The highest BCUT2D eigenvalue weighted by Crippen LogP contribution is 2.10. The van der Waals surface area contributed by atoms with Gasteiger partial charge in [-0.3, -0.25) is 9.59 Å². The van der Waals surface area contributed by atoms with Gasteiger partial charge < -0.3 is 20.4 Å². The number of hydrogen-bond donors (Lipinski definition) is 2. The van der Waals surface area contributed by atoms with Crippen LogP contribution in [0.25, 0.3) is 0 Å². The molecule has 0 spiro atoms. The standard InChI is InChI=1S/C15H23N3O3.ClH/c16-10-13-9-12(11-21-13)15(20)17-6-5-14(19)18-7-3-1-2-4-8-18;/h9,11H,1-8,10,16H2,(H,17,20);1H. The monoisotopic (exact) mass is 329 g/mol. The average Bonchev–Trinajstić information content (AvgIpc) is 2.81. The van der Waals surface area contributed by atoms with Crippen molar-refractivity contribution >= 4 is 24.2 Å². The number of nitrogens with two attached hydrogens (primary N) is 1. The Hall–Kier alpha value is -1.53. The van der Waals surface area contributed by atoms with Crippen LogP contribution in [0.4, 0.5) is 0 Å². The predicted molar refractivity (Wildman–Crippen MR) is 85.8 cm³/mol. The SMILES string of the molecule is Cl.NCc1cc(C(=O)NCCC(=O)N2CCCCCC2)co1. The van der Waals surface area contributed by atoms with Crippen LogP contribution in [0.2, 0.25) is 0 Å². The topological polar surface area (TPSA) is 88.6 Å². The van der Waals surface area contributed by atoms with Crippen molar-refractivity contribution in [2.45, 2.75) is 38.6 Å². The van der Waals surface area contributed by atoms with E-state index in [9.17, 15) is 9.59 Å². The molecule has 1 aliphatic rings. The van der Waals surface area contributed by atoms with Crippen LogP contribution in [0, 0.1) is 0 Å². The van der Waals surface area contributed by atoms with E-state index in [2.05, 4.69) is 5.32 Å². The lowest BCUT2D eigenvalue weighted by atomic mass is 10.2. The molecule has 0 radical (unpaired) electrons. The molecule has 6 nitrogen and oxygen atoms in total. The summed E-state index contributed by atoms with van der Waals surface area (Å²) in [6, 6.07) is 1.62. The normalized spacial score (nSPS) is 14.9. The summed E-state index contributed by atoms with van der Waals surface area (Å²) in [7, 11) is 0. The molecule has 0 atom stereocenters. The van der Waals surface area contributed by atoms with Crippen molar-refractivity contribution in [1.29, 1.82) is 0 Å². The van der Waals surface area contributed by atoms with Crippen LogP contribution < -0.4 is 11.1 Å². The van der Waals surface area contributed by atoms with Crippen molar-refractivity contribution < 1.29 is 14.0 Å². The first-order chi connectivity index (χ1) is 10.2. The molecule has 0 saturated carbocycles. The van der Waals surface area contributed by atoms with E-state index in [1.165, 1.54) is 19.1 Å². The van der Waals surface area contributed by atoms with Gasteiger partial charge in [-0.1, -0.05) is 12.8 Å². The van der Waals surface area contributed by atoms with Gasteiger partial charge in [0, 0.05) is 26.1 Å². The summed E-state index contributed by atoms with van der Waals surface area (Å²) in [5.74, 6) is 0.454. The molecule has 2 amide bonds. The zero-order valence-corrected chi connectivity index (χ0v) is 13.5. The predicted octanol–water partition coefficient (Wildman–Crippen LogP) is 1.68. The number of carbonyl (C=O) groups is 2. The van der Waals surface area contributed by atoms with Crippen molar-refractivity contribution in [2.24, 2.45) is 5.73 Å². The van der Waals surface area contributed by atoms with Gasteiger partial charge in [-0.15, -0.1) is 12.4 Å². The lowest BCUT2D eigenvalue weighted by Crippen LogP contribution is -2.35. The van der Waals surface area contributed by atoms with E-state index >= 15 is 0 Å². The van der Waals surface area contributed by atoms with Crippen LogP contribution >= 0.6 is 12.4 Å². The van der Waals surface area contributed by atoms with Gasteiger partial charge in [-0.05, 0) is 18.9 Å². The summed E-state index contributed by atoms with van der Waals surface area (Å²) >= 11 is 0. The molecule has 2 rings (SSSR count). The molecule has 0 bridgehead atoms. The van der Waals surface area contributed by atoms with Crippen LogP contribution in [0.1, 0.15) is 48.2 Å². The second kappa shape index (κ2) is 9.48. The van der Waals surface area contributed by atoms with Crippen LogP contribution in [0.15, 0.2) is 16.7 Å². The third-order valence-electron chi connectivity index (χ3n) is 3.70. The quantitative estimate of drug-likeness (QED) is 0.860. The maximum atomic E-state index is 12.1. The lowest BCUT2D eigenvalue weighted by Gasteiger charge is -2.20. The molecule has 1 aliphatic heterocycles. The minimum Gasteiger partial charge on any atom is -0.467 e. The minimum atomic E-state index is -0.234. The lowest BCUT2D eigenvalue weighted by molar-refractivity contribution is -0.131. The van der Waals surface area contributed by atoms with Crippen molar-refractivity contribution in [3.63, 3.8) is 0 Å². The molecule has 7 heteroatoms. The number of furan rings is 1. The van der Waals surface area contributed by atoms with Gasteiger partial charge in [-0.2, -0.15) is 0 Å². The molecule has 0 unspecified atom stereocenters. The van der Waals surface area contributed by atoms with Gasteiger partial charge in [-0.25, -0.2) is 0 Å². The van der Waals surface area contributed by atoms with Gasteiger partial charge in [0.15, 0.2) is 0 Å². The van der Waals surface area contributed by atoms with Gasteiger partial charge in [0.2, 0.25) is 5.91 Å². The first kappa shape index (κ1) is 18.5. The second-order valence-corrected chi connectivity index (χ2v) is 5.31. The van der Waals surface area contributed by atoms with E-state index in [1.54, 1.807) is 6.07 Å². The molecule has 0 aromatic carbocycles. The Labute approximate surface area is 136 Å². The summed E-state index contributed by atoms with van der Waals surface area (Å²) < 4.78 is 5.11. The maximum absolute atomic E-state index is 12.1. The molecule has 0 aliphatic carbocycles. The van der Waals surface area contributed by atoms with E-state index in [-0.39, 0.29) is 30.8 Å². The Morgan fingerprint density at radius 3 is 2.50 bits per heavy atom. The molecule has 2 heterocycles. The van der Waals surface area contributed by atoms with E-state index < -0.39 is 0 Å². The van der Waals surface area contributed by atoms with E-state index in [4.69, 9.17) is 10.2 Å². The molecule has 1 saturated heterocycles. The van der Waals surface area contributed by atoms with Crippen molar-refractivity contribution in [3.8, 4) is 0 Å². The molecular formula is C15H24ClN3O3. The number of halogens is 1. The number of rotatable bonds is 5. The smallest absolute Gasteiger partial charge is 0.254 e.